The Bertz CT molecular complexity index is 601. The number of benzene rings is 1. The second kappa shape index (κ2) is 3.89. The molecule has 0 aliphatic carbocycles. The Balaban J connectivity index is 2.51. The van der Waals surface area contributed by atoms with E-state index >= 15 is 0 Å². The standard InChI is InChI=1S/C11H11N3O3/c1-13(2)11(15)10-6-7-5-8(14(16)17)3-4-9(7)12-10/h3-6,12H,1-2H3. The number of carbonyl (C=O) groups is 1. The van der Waals surface area contributed by atoms with E-state index in [2.05, 4.69) is 4.98 Å². The lowest BCUT2D eigenvalue weighted by molar-refractivity contribution is -0.384. The molecule has 0 aliphatic rings. The van der Waals surface area contributed by atoms with Crippen molar-refractivity contribution in [2.24, 2.45) is 0 Å². The van der Waals surface area contributed by atoms with E-state index in [4.69, 9.17) is 0 Å². The van der Waals surface area contributed by atoms with Crippen LogP contribution in [-0.2, 0) is 0 Å². The van der Waals surface area contributed by atoms with Crippen molar-refractivity contribution in [3.8, 4) is 0 Å². The number of aromatic amines is 1. The normalized spacial score (nSPS) is 10.5. The van der Waals surface area contributed by atoms with Crippen LogP contribution in [0.25, 0.3) is 10.9 Å². The highest BCUT2D eigenvalue weighted by atomic mass is 16.6. The van der Waals surface area contributed by atoms with E-state index in [0.717, 1.165) is 0 Å². The molecule has 1 N–H and O–H groups in total. The molecule has 0 saturated heterocycles. The molecule has 0 saturated carbocycles. The van der Waals surface area contributed by atoms with Gasteiger partial charge in [0.25, 0.3) is 11.6 Å². The molecule has 0 spiro atoms. The summed E-state index contributed by atoms with van der Waals surface area (Å²) in [5.41, 5.74) is 1.15. The van der Waals surface area contributed by atoms with Gasteiger partial charge in [-0.15, -0.1) is 0 Å². The molecule has 0 atom stereocenters. The van der Waals surface area contributed by atoms with E-state index in [1.54, 1.807) is 26.2 Å². The lowest BCUT2D eigenvalue weighted by Gasteiger charge is -2.07. The van der Waals surface area contributed by atoms with Crippen LogP contribution in [0.1, 0.15) is 10.5 Å². The van der Waals surface area contributed by atoms with Gasteiger partial charge in [0, 0.05) is 37.1 Å². The Morgan fingerprint density at radius 1 is 1.35 bits per heavy atom. The highest BCUT2D eigenvalue weighted by molar-refractivity contribution is 5.98. The van der Waals surface area contributed by atoms with Gasteiger partial charge in [-0.25, -0.2) is 0 Å². The van der Waals surface area contributed by atoms with E-state index in [1.165, 1.54) is 17.0 Å². The zero-order valence-corrected chi connectivity index (χ0v) is 9.43. The maximum absolute atomic E-state index is 11.7. The molecule has 17 heavy (non-hydrogen) atoms. The number of nitro benzene ring substituents is 1. The van der Waals surface area contributed by atoms with Crippen LogP contribution >= 0.6 is 0 Å². The number of nitrogens with zero attached hydrogens (tertiary/aromatic N) is 2. The van der Waals surface area contributed by atoms with Crippen molar-refractivity contribution in [2.75, 3.05) is 14.1 Å². The molecule has 0 fully saturated rings. The number of amides is 1. The van der Waals surface area contributed by atoms with E-state index in [-0.39, 0.29) is 11.6 Å². The van der Waals surface area contributed by atoms with Crippen LogP contribution in [-0.4, -0.2) is 34.8 Å². The number of carbonyl (C=O) groups excluding carboxylic acids is 1. The minimum absolute atomic E-state index is 0.0142. The van der Waals surface area contributed by atoms with E-state index in [9.17, 15) is 14.9 Å². The number of nitrogens with one attached hydrogen (secondary N) is 1. The Hall–Kier alpha value is -2.37. The van der Waals surface area contributed by atoms with Gasteiger partial charge in [-0.3, -0.25) is 14.9 Å². The summed E-state index contributed by atoms with van der Waals surface area (Å²) >= 11 is 0. The zero-order chi connectivity index (χ0) is 12.6. The van der Waals surface area contributed by atoms with Crippen LogP contribution in [0.2, 0.25) is 0 Å². The second-order valence-corrected chi connectivity index (χ2v) is 3.91. The molecule has 1 heterocycles. The predicted octanol–water partition coefficient (Wildman–Crippen LogP) is 1.78. The van der Waals surface area contributed by atoms with Crippen molar-refractivity contribution in [3.63, 3.8) is 0 Å². The quantitative estimate of drug-likeness (QED) is 0.634. The molecule has 1 amide bonds. The van der Waals surface area contributed by atoms with Gasteiger partial charge in [0.15, 0.2) is 0 Å². The number of fused-ring (bicyclic) bond motifs is 1. The number of aromatic nitrogens is 1. The van der Waals surface area contributed by atoms with Crippen LogP contribution < -0.4 is 0 Å². The molecule has 0 bridgehead atoms. The summed E-state index contributed by atoms with van der Waals surface area (Å²) in [5.74, 6) is -0.163. The predicted molar refractivity (Wildman–Crippen MR) is 63.0 cm³/mol. The maximum atomic E-state index is 11.7. The third-order valence-electron chi connectivity index (χ3n) is 2.45. The van der Waals surface area contributed by atoms with Crippen molar-refractivity contribution in [3.05, 3.63) is 40.1 Å². The molecule has 0 aliphatic heterocycles. The molecule has 6 heteroatoms. The number of non-ortho nitro benzene ring substituents is 1. The molecule has 2 aromatic rings. The van der Waals surface area contributed by atoms with Crippen LogP contribution in [0.4, 0.5) is 5.69 Å². The summed E-state index contributed by atoms with van der Waals surface area (Å²) in [6.45, 7) is 0. The molecule has 1 aromatic carbocycles. The lowest BCUT2D eigenvalue weighted by atomic mass is 10.2. The van der Waals surface area contributed by atoms with Gasteiger partial charge < -0.3 is 9.88 Å². The molecule has 2 rings (SSSR count). The number of hydrogen-bond acceptors (Lipinski definition) is 3. The SMILES string of the molecule is CN(C)C(=O)c1cc2cc([N+](=O)[O-])ccc2[nH]1. The highest BCUT2D eigenvalue weighted by Gasteiger charge is 2.13. The number of hydrogen-bond donors (Lipinski definition) is 1. The van der Waals surface area contributed by atoms with Crippen molar-refractivity contribution >= 4 is 22.5 Å². The molecule has 88 valence electrons. The van der Waals surface area contributed by atoms with Crippen molar-refractivity contribution in [1.82, 2.24) is 9.88 Å². The Morgan fingerprint density at radius 2 is 2.06 bits per heavy atom. The van der Waals surface area contributed by atoms with E-state index < -0.39 is 4.92 Å². The monoisotopic (exact) mass is 233 g/mol. The van der Waals surface area contributed by atoms with Gasteiger partial charge in [-0.1, -0.05) is 0 Å². The molecule has 6 nitrogen and oxygen atoms in total. The van der Waals surface area contributed by atoms with Gasteiger partial charge in [0.05, 0.1) is 4.92 Å². The minimum Gasteiger partial charge on any atom is -0.351 e. The average Bonchev–Trinajstić information content (AvgIpc) is 2.69. The first-order valence-electron chi connectivity index (χ1n) is 4.98. The third kappa shape index (κ3) is 1.96. The van der Waals surface area contributed by atoms with Gasteiger partial charge in [0.1, 0.15) is 5.69 Å². The van der Waals surface area contributed by atoms with Crippen molar-refractivity contribution < 1.29 is 9.72 Å². The van der Waals surface area contributed by atoms with Crippen LogP contribution in [0.3, 0.4) is 0 Å². The topological polar surface area (TPSA) is 79.2 Å². The molecule has 0 unspecified atom stereocenters. The molecule has 1 aromatic heterocycles. The summed E-state index contributed by atoms with van der Waals surface area (Å²) in [5, 5.41) is 11.3. The summed E-state index contributed by atoms with van der Waals surface area (Å²) in [4.78, 5) is 26.2. The van der Waals surface area contributed by atoms with Crippen molar-refractivity contribution in [1.29, 1.82) is 0 Å². The number of H-pyrrole nitrogens is 1. The molecule has 0 radical (unpaired) electrons. The van der Waals surface area contributed by atoms with Gasteiger partial charge in [-0.05, 0) is 12.1 Å². The number of rotatable bonds is 2. The van der Waals surface area contributed by atoms with Gasteiger partial charge >= 0.3 is 0 Å². The summed E-state index contributed by atoms with van der Waals surface area (Å²) in [7, 11) is 3.30. The average molecular weight is 233 g/mol. The fourth-order valence-electron chi connectivity index (χ4n) is 1.59. The third-order valence-corrected chi connectivity index (χ3v) is 2.45. The Labute approximate surface area is 97.0 Å². The van der Waals surface area contributed by atoms with Gasteiger partial charge in [0.2, 0.25) is 0 Å². The van der Waals surface area contributed by atoms with Crippen LogP contribution in [0.5, 0.6) is 0 Å². The first-order chi connectivity index (χ1) is 7.99. The first-order valence-corrected chi connectivity index (χ1v) is 4.98. The minimum atomic E-state index is -0.458. The summed E-state index contributed by atoms with van der Waals surface area (Å²) in [6, 6.07) is 6.06. The smallest absolute Gasteiger partial charge is 0.270 e. The Morgan fingerprint density at radius 3 is 2.65 bits per heavy atom. The van der Waals surface area contributed by atoms with E-state index in [1.807, 2.05) is 0 Å². The van der Waals surface area contributed by atoms with E-state index in [0.29, 0.717) is 16.6 Å². The Kier molecular flexibility index (Phi) is 2.55. The van der Waals surface area contributed by atoms with Crippen LogP contribution in [0.15, 0.2) is 24.3 Å². The summed E-state index contributed by atoms with van der Waals surface area (Å²) in [6.07, 6.45) is 0. The van der Waals surface area contributed by atoms with Crippen molar-refractivity contribution in [2.45, 2.75) is 0 Å². The van der Waals surface area contributed by atoms with Gasteiger partial charge in [-0.2, -0.15) is 0 Å². The largest absolute Gasteiger partial charge is 0.351 e. The fraction of sp³-hybridized carbons (Fsp3) is 0.182. The second-order valence-electron chi connectivity index (χ2n) is 3.91. The highest BCUT2D eigenvalue weighted by Crippen LogP contribution is 2.21. The first kappa shape index (κ1) is 11.1. The lowest BCUT2D eigenvalue weighted by Crippen LogP contribution is -2.21. The summed E-state index contributed by atoms with van der Waals surface area (Å²) < 4.78 is 0. The van der Waals surface area contributed by atoms with Crippen LogP contribution in [0, 0.1) is 10.1 Å². The zero-order valence-electron chi connectivity index (χ0n) is 9.43. The molecular weight excluding hydrogens is 222 g/mol. The molecular formula is C11H11N3O3. The fourth-order valence-corrected chi connectivity index (χ4v) is 1.59. The number of nitro groups is 1. The maximum Gasteiger partial charge on any atom is 0.270 e.